The highest BCUT2D eigenvalue weighted by atomic mass is 35.5. The summed E-state index contributed by atoms with van der Waals surface area (Å²) >= 11 is 6.13. The van der Waals surface area contributed by atoms with Gasteiger partial charge in [-0.25, -0.2) is 9.78 Å². The van der Waals surface area contributed by atoms with Crippen molar-refractivity contribution >= 4 is 17.6 Å². The van der Waals surface area contributed by atoms with Crippen LogP contribution >= 0.6 is 11.6 Å². The van der Waals surface area contributed by atoms with E-state index in [4.69, 9.17) is 11.6 Å². The van der Waals surface area contributed by atoms with E-state index in [0.717, 1.165) is 35.2 Å². The monoisotopic (exact) mass is 436 g/mol. The average molecular weight is 437 g/mol. The van der Waals surface area contributed by atoms with Crippen molar-refractivity contribution in [3.05, 3.63) is 77.1 Å². The van der Waals surface area contributed by atoms with Crippen molar-refractivity contribution in [2.45, 2.75) is 32.7 Å². The number of carboxylic acids is 1. The second-order valence-electron chi connectivity index (χ2n) is 7.13. The van der Waals surface area contributed by atoms with Gasteiger partial charge in [0.25, 0.3) is 0 Å². The van der Waals surface area contributed by atoms with Crippen molar-refractivity contribution < 1.29 is 9.90 Å². The molecule has 0 fully saturated rings. The van der Waals surface area contributed by atoms with Gasteiger partial charge in [-0.15, -0.1) is 5.10 Å². The van der Waals surface area contributed by atoms with Crippen LogP contribution in [-0.4, -0.2) is 40.8 Å². The lowest BCUT2D eigenvalue weighted by molar-refractivity contribution is 0.0685. The molecule has 0 amide bonds. The van der Waals surface area contributed by atoms with Crippen molar-refractivity contribution in [3.63, 3.8) is 0 Å². The topological polar surface area (TPSA) is 98.7 Å². The molecule has 9 heteroatoms. The van der Waals surface area contributed by atoms with E-state index >= 15 is 0 Å². The Morgan fingerprint density at radius 2 is 1.90 bits per heavy atom. The van der Waals surface area contributed by atoms with E-state index < -0.39 is 5.97 Å². The zero-order valence-electron chi connectivity index (χ0n) is 16.9. The van der Waals surface area contributed by atoms with Gasteiger partial charge in [-0.3, -0.25) is 0 Å². The summed E-state index contributed by atoms with van der Waals surface area (Å²) in [5.74, 6) is -0.385. The lowest BCUT2D eigenvalue weighted by atomic mass is 10.0. The highest BCUT2D eigenvalue weighted by Crippen LogP contribution is 2.27. The first kappa shape index (κ1) is 20.7. The Bertz CT molecular complexity index is 1190. The van der Waals surface area contributed by atoms with Crippen LogP contribution < -0.4 is 0 Å². The summed E-state index contributed by atoms with van der Waals surface area (Å²) in [7, 11) is 0. The molecule has 2 aromatic heterocycles. The Hall–Kier alpha value is -3.52. The zero-order valence-corrected chi connectivity index (χ0v) is 17.7. The number of aryl methyl sites for hydroxylation is 1. The maximum Gasteiger partial charge on any atom is 0.355 e. The molecule has 0 aliphatic heterocycles. The number of benzene rings is 2. The second-order valence-corrected chi connectivity index (χ2v) is 7.49. The number of hydrogen-bond donors (Lipinski definition) is 1. The highest BCUT2D eigenvalue weighted by Gasteiger charge is 2.21. The number of imidazole rings is 1. The van der Waals surface area contributed by atoms with E-state index in [0.29, 0.717) is 18.8 Å². The van der Waals surface area contributed by atoms with E-state index in [1.54, 1.807) is 15.6 Å². The highest BCUT2D eigenvalue weighted by molar-refractivity contribution is 6.32. The molecule has 2 heterocycles. The largest absolute Gasteiger partial charge is 0.476 e. The van der Waals surface area contributed by atoms with Crippen molar-refractivity contribution in [2.75, 3.05) is 0 Å². The van der Waals surface area contributed by atoms with Crippen LogP contribution in [0.3, 0.4) is 0 Å². The van der Waals surface area contributed by atoms with Crippen molar-refractivity contribution in [1.82, 2.24) is 29.8 Å². The van der Waals surface area contributed by atoms with Gasteiger partial charge in [0.2, 0.25) is 0 Å². The molecular weight excluding hydrogens is 416 g/mol. The number of carbonyl (C=O) groups is 1. The lowest BCUT2D eigenvalue weighted by Crippen LogP contribution is -2.13. The summed E-state index contributed by atoms with van der Waals surface area (Å²) in [4.78, 5) is 16.0. The van der Waals surface area contributed by atoms with Gasteiger partial charge in [-0.1, -0.05) is 67.4 Å². The van der Waals surface area contributed by atoms with E-state index in [9.17, 15) is 9.90 Å². The minimum absolute atomic E-state index is 0.0286. The van der Waals surface area contributed by atoms with Gasteiger partial charge in [0.1, 0.15) is 12.2 Å². The standard InChI is InChI=1S/C22H21ClN6O2/c1-2-3-8-19-25-21(23)20(22(30)31)28(19)13-15-9-11-16(12-10-15)17-6-4-5-7-18(17)29-14-24-26-27-29/h4-7,9-12,14H,2-3,8,13H2,1H3,(H,30,31). The molecule has 1 N–H and O–H groups in total. The molecule has 0 bridgehead atoms. The van der Waals surface area contributed by atoms with Gasteiger partial charge in [0, 0.05) is 18.5 Å². The van der Waals surface area contributed by atoms with Crippen LogP contribution in [0.5, 0.6) is 0 Å². The first-order chi connectivity index (χ1) is 15.1. The van der Waals surface area contributed by atoms with Crippen molar-refractivity contribution in [1.29, 1.82) is 0 Å². The van der Waals surface area contributed by atoms with Crippen LogP contribution in [0.4, 0.5) is 0 Å². The number of halogens is 1. The van der Waals surface area contributed by atoms with Gasteiger partial charge in [-0.2, -0.15) is 4.68 Å². The molecule has 0 unspecified atom stereocenters. The fraction of sp³-hybridized carbons (Fsp3) is 0.227. The molecule has 0 spiro atoms. The SMILES string of the molecule is CCCCc1nc(Cl)c(C(=O)O)n1Cc1ccc(-c2ccccc2-n2cnnn2)cc1. The van der Waals surface area contributed by atoms with Gasteiger partial charge < -0.3 is 9.67 Å². The lowest BCUT2D eigenvalue weighted by Gasteiger charge is -2.12. The molecule has 0 saturated carbocycles. The van der Waals surface area contributed by atoms with Crippen LogP contribution in [0.25, 0.3) is 16.8 Å². The molecule has 0 atom stereocenters. The summed E-state index contributed by atoms with van der Waals surface area (Å²) < 4.78 is 3.32. The summed E-state index contributed by atoms with van der Waals surface area (Å²) in [6, 6.07) is 15.8. The Labute approximate surface area is 184 Å². The molecule has 0 saturated heterocycles. The molecule has 4 aromatic rings. The fourth-order valence-corrected chi connectivity index (χ4v) is 3.81. The summed E-state index contributed by atoms with van der Waals surface area (Å²) in [5, 5.41) is 21.1. The number of tetrazole rings is 1. The Kier molecular flexibility index (Phi) is 6.08. The number of rotatable bonds is 8. The average Bonchev–Trinajstić information content (AvgIpc) is 3.41. The number of carboxylic acid groups (broad SMARTS) is 1. The summed E-state index contributed by atoms with van der Waals surface area (Å²) in [6.45, 7) is 2.47. The Morgan fingerprint density at radius 3 is 2.58 bits per heavy atom. The van der Waals surface area contributed by atoms with Crippen LogP contribution in [0.15, 0.2) is 54.9 Å². The van der Waals surface area contributed by atoms with E-state index in [1.807, 2.05) is 48.5 Å². The van der Waals surface area contributed by atoms with E-state index in [-0.39, 0.29) is 10.8 Å². The number of hydrogen-bond acceptors (Lipinski definition) is 5. The maximum absolute atomic E-state index is 11.7. The smallest absolute Gasteiger partial charge is 0.355 e. The van der Waals surface area contributed by atoms with Crippen LogP contribution in [0, 0.1) is 0 Å². The second kappa shape index (κ2) is 9.09. The number of para-hydroxylation sites is 1. The number of unbranched alkanes of at least 4 members (excludes halogenated alkanes) is 1. The summed E-state index contributed by atoms with van der Waals surface area (Å²) in [6.07, 6.45) is 4.14. The van der Waals surface area contributed by atoms with Gasteiger partial charge in [0.05, 0.1) is 5.69 Å². The maximum atomic E-state index is 11.7. The number of aromatic nitrogens is 6. The Balaban J connectivity index is 1.65. The predicted octanol–water partition coefficient (Wildman–Crippen LogP) is 4.27. The summed E-state index contributed by atoms with van der Waals surface area (Å²) in [5.41, 5.74) is 3.85. The molecule has 0 aliphatic rings. The number of aromatic carboxylic acids is 1. The minimum atomic E-state index is -1.08. The third kappa shape index (κ3) is 4.34. The van der Waals surface area contributed by atoms with Crippen LogP contribution in [-0.2, 0) is 13.0 Å². The van der Waals surface area contributed by atoms with Gasteiger partial charge >= 0.3 is 5.97 Å². The van der Waals surface area contributed by atoms with Crippen LogP contribution in [0.1, 0.15) is 41.6 Å². The van der Waals surface area contributed by atoms with Gasteiger partial charge in [-0.05, 0) is 34.0 Å². The Morgan fingerprint density at radius 1 is 1.13 bits per heavy atom. The number of nitrogens with zero attached hydrogens (tertiary/aromatic N) is 6. The molecule has 2 aromatic carbocycles. The molecule has 8 nitrogen and oxygen atoms in total. The van der Waals surface area contributed by atoms with Gasteiger partial charge in [0.15, 0.2) is 10.8 Å². The molecule has 158 valence electrons. The van der Waals surface area contributed by atoms with Crippen molar-refractivity contribution in [2.24, 2.45) is 0 Å². The fourth-order valence-electron chi connectivity index (χ4n) is 3.53. The normalized spacial score (nSPS) is 11.0. The quantitative estimate of drug-likeness (QED) is 0.443. The first-order valence-corrected chi connectivity index (χ1v) is 10.4. The molecule has 0 aliphatic carbocycles. The molecular formula is C22H21ClN6O2. The minimum Gasteiger partial charge on any atom is -0.476 e. The van der Waals surface area contributed by atoms with E-state index in [2.05, 4.69) is 27.4 Å². The van der Waals surface area contributed by atoms with Crippen LogP contribution in [0.2, 0.25) is 5.15 Å². The third-order valence-electron chi connectivity index (χ3n) is 5.07. The first-order valence-electron chi connectivity index (χ1n) is 9.98. The molecule has 4 rings (SSSR count). The third-order valence-corrected chi connectivity index (χ3v) is 5.33. The van der Waals surface area contributed by atoms with Crippen molar-refractivity contribution in [3.8, 4) is 16.8 Å². The zero-order chi connectivity index (χ0) is 21.8. The molecule has 31 heavy (non-hydrogen) atoms. The predicted molar refractivity (Wildman–Crippen MR) is 117 cm³/mol. The van der Waals surface area contributed by atoms with E-state index in [1.165, 1.54) is 0 Å². The molecule has 0 radical (unpaired) electrons.